The summed E-state index contributed by atoms with van der Waals surface area (Å²) in [6.45, 7) is 5.90. The number of rotatable bonds is 5. The quantitative estimate of drug-likeness (QED) is 0.885. The maximum atomic E-state index is 12.4. The zero-order valence-electron chi connectivity index (χ0n) is 13.4. The van der Waals surface area contributed by atoms with Gasteiger partial charge >= 0.3 is 0 Å². The van der Waals surface area contributed by atoms with Gasteiger partial charge in [0.05, 0.1) is 11.6 Å². The first-order valence-electron chi connectivity index (χ1n) is 7.45. The van der Waals surface area contributed by atoms with Crippen LogP contribution in [0.5, 0.6) is 0 Å². The molecule has 0 saturated heterocycles. The molecule has 0 fully saturated rings. The van der Waals surface area contributed by atoms with Gasteiger partial charge in [-0.3, -0.25) is 4.79 Å². The van der Waals surface area contributed by atoms with Gasteiger partial charge in [0.25, 0.3) is 5.91 Å². The normalized spacial score (nSPS) is 11.4. The molecule has 6 heteroatoms. The van der Waals surface area contributed by atoms with Crippen LogP contribution in [0.25, 0.3) is 0 Å². The summed E-state index contributed by atoms with van der Waals surface area (Å²) in [5.41, 5.74) is 2.04. The minimum Gasteiger partial charge on any atom is -0.352 e. The molecule has 0 aliphatic carbocycles. The molecule has 0 spiro atoms. The van der Waals surface area contributed by atoms with Crippen molar-refractivity contribution in [3.63, 3.8) is 0 Å². The zero-order valence-corrected chi connectivity index (χ0v) is 13.4. The molecule has 2 rings (SSSR count). The van der Waals surface area contributed by atoms with E-state index in [4.69, 9.17) is 5.26 Å². The van der Waals surface area contributed by atoms with Crippen LogP contribution in [0.2, 0.25) is 0 Å². The number of nitriles is 1. The van der Waals surface area contributed by atoms with Crippen molar-refractivity contribution in [2.75, 3.05) is 10.6 Å². The molecule has 1 amide bonds. The summed E-state index contributed by atoms with van der Waals surface area (Å²) in [6.07, 6.45) is 0.930. The highest BCUT2D eigenvalue weighted by Crippen LogP contribution is 2.13. The van der Waals surface area contributed by atoms with Crippen LogP contribution in [0, 0.1) is 18.3 Å². The van der Waals surface area contributed by atoms with Crippen molar-refractivity contribution in [3.8, 4) is 6.07 Å². The summed E-state index contributed by atoms with van der Waals surface area (Å²) in [6, 6.07) is 10.6. The van der Waals surface area contributed by atoms with Crippen molar-refractivity contribution in [1.29, 1.82) is 5.26 Å². The van der Waals surface area contributed by atoms with Crippen molar-refractivity contribution in [2.45, 2.75) is 33.2 Å². The number of carbonyl (C=O) groups excluding carboxylic acids is 1. The van der Waals surface area contributed by atoms with E-state index < -0.39 is 0 Å². The Morgan fingerprint density at radius 3 is 2.83 bits per heavy atom. The number of anilines is 2. The minimum atomic E-state index is -0.335. The van der Waals surface area contributed by atoms with Gasteiger partial charge in [-0.15, -0.1) is 0 Å². The van der Waals surface area contributed by atoms with Crippen molar-refractivity contribution < 1.29 is 4.79 Å². The molecule has 118 valence electrons. The second-order valence-corrected chi connectivity index (χ2v) is 5.32. The van der Waals surface area contributed by atoms with Gasteiger partial charge in [0.2, 0.25) is 5.95 Å². The summed E-state index contributed by atoms with van der Waals surface area (Å²) in [5, 5.41) is 14.8. The second kappa shape index (κ2) is 7.36. The molecule has 1 heterocycles. The Labute approximate surface area is 135 Å². The Morgan fingerprint density at radius 2 is 2.13 bits per heavy atom. The lowest BCUT2D eigenvalue weighted by molar-refractivity contribution is 0.102. The van der Waals surface area contributed by atoms with E-state index in [0.29, 0.717) is 22.9 Å². The summed E-state index contributed by atoms with van der Waals surface area (Å²) in [7, 11) is 0. The van der Waals surface area contributed by atoms with Crippen molar-refractivity contribution in [2.24, 2.45) is 0 Å². The number of nitrogens with one attached hydrogen (secondary N) is 2. The van der Waals surface area contributed by atoms with Crippen LogP contribution in [0.1, 0.15) is 42.0 Å². The summed E-state index contributed by atoms with van der Waals surface area (Å²) >= 11 is 0. The maximum absolute atomic E-state index is 12.4. The summed E-state index contributed by atoms with van der Waals surface area (Å²) < 4.78 is 0. The zero-order chi connectivity index (χ0) is 16.8. The number of amides is 1. The van der Waals surface area contributed by atoms with E-state index in [-0.39, 0.29) is 17.6 Å². The van der Waals surface area contributed by atoms with Crippen LogP contribution >= 0.6 is 0 Å². The maximum Gasteiger partial charge on any atom is 0.274 e. The third-order valence-corrected chi connectivity index (χ3v) is 3.32. The molecule has 2 aromatic rings. The lowest BCUT2D eigenvalue weighted by Gasteiger charge is -2.13. The standard InChI is InChI=1S/C17H19N5O/c1-4-11(2)19-17-20-12(3)8-15(22-17)16(23)21-14-7-5-6-13(9-14)10-18/h5-9,11H,4H2,1-3H3,(H,21,23)(H,19,20,22). The van der Waals surface area contributed by atoms with E-state index in [0.717, 1.165) is 6.42 Å². The van der Waals surface area contributed by atoms with Crippen LogP contribution in [0.3, 0.4) is 0 Å². The predicted molar refractivity (Wildman–Crippen MR) is 89.3 cm³/mol. The molecular formula is C17H19N5O. The molecule has 2 N–H and O–H groups in total. The third kappa shape index (κ3) is 4.51. The van der Waals surface area contributed by atoms with Crippen molar-refractivity contribution in [1.82, 2.24) is 9.97 Å². The number of aromatic nitrogens is 2. The number of aryl methyl sites for hydroxylation is 1. The first-order valence-corrected chi connectivity index (χ1v) is 7.45. The first-order chi connectivity index (χ1) is 11.0. The molecule has 1 unspecified atom stereocenters. The molecule has 1 aromatic carbocycles. The Bertz CT molecular complexity index is 751. The van der Waals surface area contributed by atoms with Gasteiger partial charge in [-0.1, -0.05) is 13.0 Å². The number of nitrogens with zero attached hydrogens (tertiary/aromatic N) is 3. The van der Waals surface area contributed by atoms with E-state index in [1.807, 2.05) is 19.9 Å². The van der Waals surface area contributed by atoms with Crippen molar-refractivity contribution in [3.05, 3.63) is 47.3 Å². The molecule has 0 bridgehead atoms. The molecule has 0 aliphatic rings. The van der Waals surface area contributed by atoms with Gasteiger partial charge in [-0.2, -0.15) is 5.26 Å². The van der Waals surface area contributed by atoms with Crippen LogP contribution in [-0.4, -0.2) is 21.9 Å². The Kier molecular flexibility index (Phi) is 5.26. The van der Waals surface area contributed by atoms with Gasteiger partial charge in [-0.05, 0) is 44.5 Å². The largest absolute Gasteiger partial charge is 0.352 e. The van der Waals surface area contributed by atoms with Gasteiger partial charge < -0.3 is 10.6 Å². The Morgan fingerprint density at radius 1 is 1.35 bits per heavy atom. The van der Waals surface area contributed by atoms with E-state index >= 15 is 0 Å². The highest BCUT2D eigenvalue weighted by Gasteiger charge is 2.12. The van der Waals surface area contributed by atoms with Crippen LogP contribution in [0.15, 0.2) is 30.3 Å². The number of hydrogen-bond donors (Lipinski definition) is 2. The van der Waals surface area contributed by atoms with E-state index in [2.05, 4.69) is 27.5 Å². The molecule has 0 aliphatic heterocycles. The average molecular weight is 309 g/mol. The highest BCUT2D eigenvalue weighted by molar-refractivity contribution is 6.03. The molecule has 6 nitrogen and oxygen atoms in total. The van der Waals surface area contributed by atoms with Gasteiger partial charge in [0, 0.05) is 17.4 Å². The number of hydrogen-bond acceptors (Lipinski definition) is 5. The Hall–Kier alpha value is -2.94. The molecule has 1 atom stereocenters. The fraction of sp³-hybridized carbons (Fsp3) is 0.294. The average Bonchev–Trinajstić information content (AvgIpc) is 2.54. The summed E-state index contributed by atoms with van der Waals surface area (Å²) in [4.78, 5) is 20.9. The molecular weight excluding hydrogens is 290 g/mol. The van der Waals surface area contributed by atoms with Crippen LogP contribution < -0.4 is 10.6 Å². The third-order valence-electron chi connectivity index (χ3n) is 3.32. The number of carbonyl (C=O) groups is 1. The minimum absolute atomic E-state index is 0.222. The van der Waals surface area contributed by atoms with Gasteiger partial charge in [0.15, 0.2) is 0 Å². The SMILES string of the molecule is CCC(C)Nc1nc(C)cc(C(=O)Nc2cccc(C#N)c2)n1. The lowest BCUT2D eigenvalue weighted by Crippen LogP contribution is -2.19. The van der Waals surface area contributed by atoms with E-state index in [1.165, 1.54) is 0 Å². The van der Waals surface area contributed by atoms with Crippen molar-refractivity contribution >= 4 is 17.5 Å². The second-order valence-electron chi connectivity index (χ2n) is 5.32. The topological polar surface area (TPSA) is 90.7 Å². The number of benzene rings is 1. The van der Waals surface area contributed by atoms with Gasteiger partial charge in [0.1, 0.15) is 5.69 Å². The monoisotopic (exact) mass is 309 g/mol. The van der Waals surface area contributed by atoms with E-state index in [9.17, 15) is 4.79 Å². The fourth-order valence-electron chi connectivity index (χ4n) is 1.93. The highest BCUT2D eigenvalue weighted by atomic mass is 16.1. The molecule has 0 saturated carbocycles. The molecule has 0 radical (unpaired) electrons. The van der Waals surface area contributed by atoms with Crippen LogP contribution in [-0.2, 0) is 0 Å². The first kappa shape index (κ1) is 16.4. The Balaban J connectivity index is 2.20. The summed E-state index contributed by atoms with van der Waals surface area (Å²) in [5.74, 6) is 0.105. The lowest BCUT2D eigenvalue weighted by atomic mass is 10.2. The smallest absolute Gasteiger partial charge is 0.274 e. The molecule has 23 heavy (non-hydrogen) atoms. The fourth-order valence-corrected chi connectivity index (χ4v) is 1.93. The van der Waals surface area contributed by atoms with E-state index in [1.54, 1.807) is 30.3 Å². The van der Waals surface area contributed by atoms with Crippen LogP contribution in [0.4, 0.5) is 11.6 Å². The predicted octanol–water partition coefficient (Wildman–Crippen LogP) is 3.12. The molecule has 1 aromatic heterocycles. The van der Waals surface area contributed by atoms with Gasteiger partial charge in [-0.25, -0.2) is 9.97 Å².